The van der Waals surface area contributed by atoms with Gasteiger partial charge < -0.3 is 14.8 Å². The summed E-state index contributed by atoms with van der Waals surface area (Å²) in [5.74, 6) is 0.583. The molecule has 0 atom stereocenters. The van der Waals surface area contributed by atoms with Crippen LogP contribution in [0.1, 0.15) is 31.9 Å². The van der Waals surface area contributed by atoms with Crippen LogP contribution < -0.4 is 10.1 Å². The fraction of sp³-hybridized carbons (Fsp3) is 0.429. The fourth-order valence-corrected chi connectivity index (χ4v) is 1.43. The molecule has 1 N–H and O–H groups in total. The van der Waals surface area contributed by atoms with Crippen LogP contribution in [0.25, 0.3) is 0 Å². The molecule has 5 heteroatoms. The second-order valence-electron chi connectivity index (χ2n) is 5.04. The van der Waals surface area contributed by atoms with Gasteiger partial charge in [-0.3, -0.25) is 0 Å². The number of benzene rings is 1. The molecule has 0 saturated heterocycles. The highest BCUT2D eigenvalue weighted by molar-refractivity contribution is 5.67. The first-order valence-corrected chi connectivity index (χ1v) is 5.89. The Morgan fingerprint density at radius 2 is 2.05 bits per heavy atom. The normalized spacial score (nSPS) is 10.5. The molecule has 0 bridgehead atoms. The van der Waals surface area contributed by atoms with Gasteiger partial charge in [0, 0.05) is 6.54 Å². The van der Waals surface area contributed by atoms with E-state index in [4.69, 9.17) is 14.7 Å². The van der Waals surface area contributed by atoms with Crippen LogP contribution in [0.2, 0.25) is 0 Å². The van der Waals surface area contributed by atoms with Gasteiger partial charge in [-0.1, -0.05) is 0 Å². The van der Waals surface area contributed by atoms with Crippen molar-refractivity contribution in [3.05, 3.63) is 29.3 Å². The molecule has 0 heterocycles. The highest BCUT2D eigenvalue weighted by Gasteiger charge is 2.15. The Morgan fingerprint density at radius 3 is 2.58 bits per heavy atom. The molecule has 0 radical (unpaired) electrons. The average molecular weight is 262 g/mol. The van der Waals surface area contributed by atoms with E-state index in [1.807, 2.05) is 6.07 Å². The van der Waals surface area contributed by atoms with Crippen LogP contribution in [0.15, 0.2) is 18.2 Å². The van der Waals surface area contributed by atoms with Gasteiger partial charge in [-0.15, -0.1) is 0 Å². The summed E-state index contributed by atoms with van der Waals surface area (Å²) in [6, 6.07) is 7.14. The van der Waals surface area contributed by atoms with Gasteiger partial charge in [-0.05, 0) is 44.5 Å². The van der Waals surface area contributed by atoms with E-state index in [2.05, 4.69) is 5.32 Å². The highest BCUT2D eigenvalue weighted by atomic mass is 16.6. The molecule has 1 aromatic rings. The lowest BCUT2D eigenvalue weighted by Gasteiger charge is -2.19. The van der Waals surface area contributed by atoms with Gasteiger partial charge in [0.25, 0.3) is 0 Å². The summed E-state index contributed by atoms with van der Waals surface area (Å²) in [6.45, 7) is 5.67. The summed E-state index contributed by atoms with van der Waals surface area (Å²) < 4.78 is 10.2. The Hall–Kier alpha value is -2.22. The Morgan fingerprint density at radius 1 is 1.37 bits per heavy atom. The number of alkyl carbamates (subject to hydrolysis) is 1. The van der Waals surface area contributed by atoms with Gasteiger partial charge in [-0.25, -0.2) is 4.79 Å². The molecule has 0 spiro atoms. The van der Waals surface area contributed by atoms with Gasteiger partial charge >= 0.3 is 6.09 Å². The Labute approximate surface area is 113 Å². The minimum atomic E-state index is -0.531. The molecule has 0 aliphatic rings. The van der Waals surface area contributed by atoms with Crippen LogP contribution in [0, 0.1) is 11.3 Å². The number of ether oxygens (including phenoxy) is 2. The number of nitrogens with one attached hydrogen (secondary N) is 1. The number of hydrogen-bond donors (Lipinski definition) is 1. The van der Waals surface area contributed by atoms with Crippen LogP contribution in [0.3, 0.4) is 0 Å². The maximum atomic E-state index is 11.5. The van der Waals surface area contributed by atoms with Crippen molar-refractivity contribution in [1.82, 2.24) is 5.32 Å². The summed E-state index contributed by atoms with van der Waals surface area (Å²) in [5, 5.41) is 11.5. The Balaban J connectivity index is 2.68. The highest BCUT2D eigenvalue weighted by Crippen LogP contribution is 2.16. The molecule has 0 saturated carbocycles. The van der Waals surface area contributed by atoms with Gasteiger partial charge in [0.2, 0.25) is 0 Å². The molecular weight excluding hydrogens is 244 g/mol. The van der Waals surface area contributed by atoms with Crippen LogP contribution in [-0.2, 0) is 11.3 Å². The number of nitriles is 1. The van der Waals surface area contributed by atoms with E-state index in [1.54, 1.807) is 39.0 Å². The van der Waals surface area contributed by atoms with Crippen molar-refractivity contribution in [1.29, 1.82) is 5.26 Å². The number of amides is 1. The smallest absolute Gasteiger partial charge is 0.407 e. The van der Waals surface area contributed by atoms with E-state index in [9.17, 15) is 4.79 Å². The largest absolute Gasteiger partial charge is 0.497 e. The third kappa shape index (κ3) is 5.30. The Kier molecular flexibility index (Phi) is 4.76. The average Bonchev–Trinajstić information content (AvgIpc) is 2.33. The zero-order valence-electron chi connectivity index (χ0n) is 11.6. The quantitative estimate of drug-likeness (QED) is 0.908. The standard InChI is InChI=1S/C14H18N2O3/c1-14(2,3)19-13(17)16-9-11-5-10(8-15)6-12(7-11)18-4/h5-7H,9H2,1-4H3,(H,16,17). The molecule has 1 aromatic carbocycles. The molecule has 1 rings (SSSR count). The van der Waals surface area contributed by atoms with E-state index >= 15 is 0 Å². The summed E-state index contributed by atoms with van der Waals surface area (Å²) >= 11 is 0. The number of hydrogen-bond acceptors (Lipinski definition) is 4. The zero-order valence-corrected chi connectivity index (χ0v) is 11.6. The topological polar surface area (TPSA) is 71.3 Å². The summed E-state index contributed by atoms with van der Waals surface area (Å²) in [7, 11) is 1.53. The van der Waals surface area contributed by atoms with Crippen molar-refractivity contribution in [2.75, 3.05) is 7.11 Å². The number of carbonyl (C=O) groups is 1. The molecule has 0 aliphatic heterocycles. The second kappa shape index (κ2) is 6.10. The second-order valence-corrected chi connectivity index (χ2v) is 5.04. The van der Waals surface area contributed by atoms with E-state index in [0.717, 1.165) is 5.56 Å². The van der Waals surface area contributed by atoms with Gasteiger partial charge in [0.05, 0.1) is 18.7 Å². The van der Waals surface area contributed by atoms with Crippen molar-refractivity contribution in [2.45, 2.75) is 32.9 Å². The molecule has 0 aromatic heterocycles. The SMILES string of the molecule is COc1cc(C#N)cc(CNC(=O)OC(C)(C)C)c1. The van der Waals surface area contributed by atoms with Crippen molar-refractivity contribution >= 4 is 6.09 Å². The first-order valence-electron chi connectivity index (χ1n) is 5.89. The lowest BCUT2D eigenvalue weighted by atomic mass is 10.1. The van der Waals surface area contributed by atoms with Crippen LogP contribution in [0.5, 0.6) is 5.75 Å². The van der Waals surface area contributed by atoms with Crippen molar-refractivity contribution in [3.63, 3.8) is 0 Å². The maximum Gasteiger partial charge on any atom is 0.407 e. The molecule has 19 heavy (non-hydrogen) atoms. The van der Waals surface area contributed by atoms with Crippen molar-refractivity contribution in [2.24, 2.45) is 0 Å². The predicted molar refractivity (Wildman–Crippen MR) is 70.8 cm³/mol. The summed E-state index contributed by atoms with van der Waals surface area (Å²) in [5.41, 5.74) is 0.734. The molecule has 0 unspecified atom stereocenters. The van der Waals surface area contributed by atoms with Gasteiger partial charge in [-0.2, -0.15) is 5.26 Å². The van der Waals surface area contributed by atoms with Gasteiger partial charge in [0.1, 0.15) is 11.4 Å². The van der Waals surface area contributed by atoms with E-state index in [1.165, 1.54) is 7.11 Å². The van der Waals surface area contributed by atoms with E-state index in [-0.39, 0.29) is 6.54 Å². The van der Waals surface area contributed by atoms with Crippen LogP contribution >= 0.6 is 0 Å². The van der Waals surface area contributed by atoms with Gasteiger partial charge in [0.15, 0.2) is 0 Å². The number of rotatable bonds is 3. The van der Waals surface area contributed by atoms with Crippen LogP contribution in [0.4, 0.5) is 4.79 Å². The number of methoxy groups -OCH3 is 1. The summed E-state index contributed by atoms with van der Waals surface area (Å²) in [6.07, 6.45) is -0.492. The number of nitrogens with zero attached hydrogens (tertiary/aromatic N) is 1. The van der Waals surface area contributed by atoms with Crippen LogP contribution in [-0.4, -0.2) is 18.8 Å². The lowest BCUT2D eigenvalue weighted by molar-refractivity contribution is 0.0523. The molecule has 5 nitrogen and oxygen atoms in total. The zero-order chi connectivity index (χ0) is 14.5. The lowest BCUT2D eigenvalue weighted by Crippen LogP contribution is -2.32. The molecule has 0 aliphatic carbocycles. The minimum absolute atomic E-state index is 0.279. The monoisotopic (exact) mass is 262 g/mol. The fourth-order valence-electron chi connectivity index (χ4n) is 1.43. The van der Waals surface area contributed by atoms with E-state index < -0.39 is 11.7 Å². The molecular formula is C14H18N2O3. The van der Waals surface area contributed by atoms with Crippen molar-refractivity contribution < 1.29 is 14.3 Å². The first kappa shape index (κ1) is 14.8. The number of carbonyl (C=O) groups excluding carboxylic acids is 1. The predicted octanol–water partition coefficient (Wildman–Crippen LogP) is 2.59. The molecule has 0 fully saturated rings. The van der Waals surface area contributed by atoms with Crippen molar-refractivity contribution in [3.8, 4) is 11.8 Å². The maximum absolute atomic E-state index is 11.5. The third-order valence-electron chi connectivity index (χ3n) is 2.17. The first-order chi connectivity index (χ1) is 8.84. The molecule has 1 amide bonds. The third-order valence-corrected chi connectivity index (χ3v) is 2.17. The molecule has 102 valence electrons. The van der Waals surface area contributed by atoms with E-state index in [0.29, 0.717) is 11.3 Å². The summed E-state index contributed by atoms with van der Waals surface area (Å²) in [4.78, 5) is 11.5. The Bertz CT molecular complexity index is 498. The minimum Gasteiger partial charge on any atom is -0.497 e.